The Morgan fingerprint density at radius 3 is 2.54 bits per heavy atom. The van der Waals surface area contributed by atoms with Crippen molar-refractivity contribution >= 4 is 39.1 Å². The Kier molecular flexibility index (Phi) is 5.63. The average molecular weight is 367 g/mol. The van der Waals surface area contributed by atoms with E-state index in [9.17, 15) is 9.59 Å². The highest BCUT2D eigenvalue weighted by Crippen LogP contribution is 2.31. The number of carbonyl (C=O) groups is 2. The molecular weight excluding hydrogens is 346 g/mol. The fourth-order valence-electron chi connectivity index (χ4n) is 2.64. The van der Waals surface area contributed by atoms with Crippen LogP contribution in [0.1, 0.15) is 19.8 Å². The number of hydrogen-bond donors (Lipinski definition) is 1. The first kappa shape index (κ1) is 18.1. The van der Waals surface area contributed by atoms with E-state index in [-0.39, 0.29) is 11.8 Å². The lowest BCUT2D eigenvalue weighted by molar-refractivity contribution is -0.120. The highest BCUT2D eigenvalue weighted by atomic mass is 32.1. The number of nitrogens with one attached hydrogen (secondary N) is 1. The molecule has 0 fully saturated rings. The van der Waals surface area contributed by atoms with E-state index in [1.54, 1.807) is 23.3 Å². The molecule has 3 rings (SSSR count). The topological polar surface area (TPSA) is 62.3 Å². The number of hydrogen-bond acceptors (Lipinski definition) is 4. The molecule has 0 saturated carbocycles. The summed E-state index contributed by atoms with van der Waals surface area (Å²) in [5, 5.41) is 3.67. The molecule has 5 nitrogen and oxygen atoms in total. The van der Waals surface area contributed by atoms with Gasteiger partial charge in [0.05, 0.1) is 10.2 Å². The lowest BCUT2D eigenvalue weighted by Gasteiger charge is -2.17. The summed E-state index contributed by atoms with van der Waals surface area (Å²) >= 11 is 1.66. The molecule has 0 atom stereocenters. The SMILES string of the molecule is CC(=O)NCCCC(=O)N(C)c1ccc(-c2nc3ccccc3s2)cc1. The molecule has 0 unspecified atom stereocenters. The first-order valence-electron chi connectivity index (χ1n) is 8.51. The Morgan fingerprint density at radius 1 is 1.12 bits per heavy atom. The maximum atomic E-state index is 12.3. The number of rotatable bonds is 6. The molecule has 134 valence electrons. The van der Waals surface area contributed by atoms with E-state index in [2.05, 4.69) is 16.4 Å². The second-order valence-electron chi connectivity index (χ2n) is 6.07. The molecule has 1 N–H and O–H groups in total. The van der Waals surface area contributed by atoms with Crippen LogP contribution in [-0.2, 0) is 9.59 Å². The zero-order valence-electron chi connectivity index (χ0n) is 14.9. The number of nitrogens with zero attached hydrogens (tertiary/aromatic N) is 2. The maximum Gasteiger partial charge on any atom is 0.226 e. The van der Waals surface area contributed by atoms with E-state index in [1.165, 1.54) is 6.92 Å². The summed E-state index contributed by atoms with van der Waals surface area (Å²) in [5.41, 5.74) is 2.89. The molecule has 0 aliphatic carbocycles. The molecular formula is C20H21N3O2S. The number of carbonyl (C=O) groups excluding carboxylic acids is 2. The number of amides is 2. The standard InChI is InChI=1S/C20H21N3O2S/c1-14(24)21-13-5-8-19(25)23(2)16-11-9-15(10-12-16)20-22-17-6-3-4-7-18(17)26-20/h3-4,6-7,9-12H,5,8,13H2,1-2H3,(H,21,24). The Balaban J connectivity index is 1.64. The van der Waals surface area contributed by atoms with Crippen molar-refractivity contribution in [1.29, 1.82) is 0 Å². The number of para-hydroxylation sites is 1. The van der Waals surface area contributed by atoms with Crippen LogP contribution in [0.3, 0.4) is 0 Å². The molecule has 0 aliphatic rings. The monoisotopic (exact) mass is 367 g/mol. The van der Waals surface area contributed by atoms with Gasteiger partial charge in [-0.15, -0.1) is 11.3 Å². The minimum Gasteiger partial charge on any atom is -0.356 e. The summed E-state index contributed by atoms with van der Waals surface area (Å²) in [4.78, 5) is 29.4. The largest absolute Gasteiger partial charge is 0.356 e. The third-order valence-electron chi connectivity index (χ3n) is 4.11. The van der Waals surface area contributed by atoms with Crippen LogP contribution in [0.4, 0.5) is 5.69 Å². The van der Waals surface area contributed by atoms with Crippen molar-refractivity contribution in [3.05, 3.63) is 48.5 Å². The van der Waals surface area contributed by atoms with Crippen LogP contribution in [0.5, 0.6) is 0 Å². The van der Waals surface area contributed by atoms with Gasteiger partial charge < -0.3 is 10.2 Å². The zero-order valence-corrected chi connectivity index (χ0v) is 15.7. The van der Waals surface area contributed by atoms with E-state index < -0.39 is 0 Å². The Bertz CT molecular complexity index is 885. The van der Waals surface area contributed by atoms with Gasteiger partial charge in [0.15, 0.2) is 0 Å². The van der Waals surface area contributed by atoms with Gasteiger partial charge in [0.1, 0.15) is 5.01 Å². The summed E-state index contributed by atoms with van der Waals surface area (Å²) in [6.07, 6.45) is 1.03. The van der Waals surface area contributed by atoms with Crippen LogP contribution in [0.2, 0.25) is 0 Å². The maximum absolute atomic E-state index is 12.3. The second kappa shape index (κ2) is 8.10. The molecule has 26 heavy (non-hydrogen) atoms. The predicted octanol–water partition coefficient (Wildman–Crippen LogP) is 3.84. The fourth-order valence-corrected chi connectivity index (χ4v) is 3.61. The zero-order chi connectivity index (χ0) is 18.5. The van der Waals surface area contributed by atoms with Crippen molar-refractivity contribution < 1.29 is 9.59 Å². The average Bonchev–Trinajstić information content (AvgIpc) is 3.08. The quantitative estimate of drug-likeness (QED) is 0.673. The Labute approximate surface area is 156 Å². The highest BCUT2D eigenvalue weighted by Gasteiger charge is 2.12. The lowest BCUT2D eigenvalue weighted by atomic mass is 10.2. The fraction of sp³-hybridized carbons (Fsp3) is 0.250. The molecule has 0 saturated heterocycles. The van der Waals surface area contributed by atoms with E-state index in [1.807, 2.05) is 42.5 Å². The Morgan fingerprint density at radius 2 is 1.85 bits per heavy atom. The Hall–Kier alpha value is -2.73. The molecule has 3 aromatic rings. The number of fused-ring (bicyclic) bond motifs is 1. The summed E-state index contributed by atoms with van der Waals surface area (Å²) in [6, 6.07) is 15.9. The van der Waals surface area contributed by atoms with Gasteiger partial charge in [0, 0.05) is 38.2 Å². The van der Waals surface area contributed by atoms with E-state index in [0.717, 1.165) is 26.5 Å². The minimum absolute atomic E-state index is 0.0306. The number of benzene rings is 2. The van der Waals surface area contributed by atoms with Crippen LogP contribution in [0, 0.1) is 0 Å². The molecule has 0 bridgehead atoms. The van der Waals surface area contributed by atoms with Gasteiger partial charge in [-0.1, -0.05) is 12.1 Å². The highest BCUT2D eigenvalue weighted by molar-refractivity contribution is 7.21. The smallest absolute Gasteiger partial charge is 0.226 e. The molecule has 1 aromatic heterocycles. The van der Waals surface area contributed by atoms with E-state index in [4.69, 9.17) is 0 Å². The van der Waals surface area contributed by atoms with Crippen LogP contribution < -0.4 is 10.2 Å². The number of thiazole rings is 1. The minimum atomic E-state index is -0.0729. The van der Waals surface area contributed by atoms with Crippen LogP contribution in [-0.4, -0.2) is 30.4 Å². The molecule has 0 spiro atoms. The van der Waals surface area contributed by atoms with Crippen LogP contribution >= 0.6 is 11.3 Å². The van der Waals surface area contributed by atoms with Crippen molar-refractivity contribution in [2.24, 2.45) is 0 Å². The van der Waals surface area contributed by atoms with Crippen molar-refractivity contribution in [2.45, 2.75) is 19.8 Å². The third kappa shape index (κ3) is 4.26. The van der Waals surface area contributed by atoms with Gasteiger partial charge in [0.25, 0.3) is 0 Å². The molecule has 2 aromatic carbocycles. The number of aromatic nitrogens is 1. The van der Waals surface area contributed by atoms with Crippen molar-refractivity contribution in [3.63, 3.8) is 0 Å². The molecule has 0 aliphatic heterocycles. The molecule has 2 amide bonds. The van der Waals surface area contributed by atoms with Gasteiger partial charge in [-0.05, 0) is 42.8 Å². The number of anilines is 1. The van der Waals surface area contributed by atoms with Crippen LogP contribution in [0.25, 0.3) is 20.8 Å². The van der Waals surface area contributed by atoms with Gasteiger partial charge in [-0.3, -0.25) is 9.59 Å². The van der Waals surface area contributed by atoms with E-state index >= 15 is 0 Å². The van der Waals surface area contributed by atoms with Crippen molar-refractivity contribution in [2.75, 3.05) is 18.5 Å². The van der Waals surface area contributed by atoms with Crippen molar-refractivity contribution in [1.82, 2.24) is 10.3 Å². The summed E-state index contributed by atoms with van der Waals surface area (Å²) in [7, 11) is 1.77. The first-order chi connectivity index (χ1) is 12.5. The predicted molar refractivity (Wildman–Crippen MR) is 106 cm³/mol. The molecule has 1 heterocycles. The van der Waals surface area contributed by atoms with Gasteiger partial charge in [-0.25, -0.2) is 4.98 Å². The van der Waals surface area contributed by atoms with Gasteiger partial charge in [0.2, 0.25) is 11.8 Å². The third-order valence-corrected chi connectivity index (χ3v) is 5.20. The summed E-state index contributed by atoms with van der Waals surface area (Å²) in [5.74, 6) is -0.0423. The first-order valence-corrected chi connectivity index (χ1v) is 9.33. The second-order valence-corrected chi connectivity index (χ2v) is 7.10. The lowest BCUT2D eigenvalue weighted by Crippen LogP contribution is -2.28. The summed E-state index contributed by atoms with van der Waals surface area (Å²) < 4.78 is 1.16. The molecule has 6 heteroatoms. The van der Waals surface area contributed by atoms with Crippen LogP contribution in [0.15, 0.2) is 48.5 Å². The normalized spacial score (nSPS) is 10.7. The summed E-state index contributed by atoms with van der Waals surface area (Å²) in [6.45, 7) is 1.99. The van der Waals surface area contributed by atoms with Gasteiger partial charge >= 0.3 is 0 Å². The van der Waals surface area contributed by atoms with Gasteiger partial charge in [-0.2, -0.15) is 0 Å². The molecule has 0 radical (unpaired) electrons. The van der Waals surface area contributed by atoms with E-state index in [0.29, 0.717) is 19.4 Å². The van der Waals surface area contributed by atoms with Crippen molar-refractivity contribution in [3.8, 4) is 10.6 Å².